The molecule has 0 fully saturated rings. The molecule has 27 heavy (non-hydrogen) atoms. The third-order valence-electron chi connectivity index (χ3n) is 4.77. The second kappa shape index (κ2) is 7.05. The number of aryl methyl sites for hydroxylation is 4. The number of thiophene rings is 1. The number of fused-ring (bicyclic) bond motifs is 2. The average molecular weight is 398 g/mol. The second-order valence-electron chi connectivity index (χ2n) is 6.67. The van der Waals surface area contributed by atoms with E-state index in [1.165, 1.54) is 22.2 Å². The molecule has 1 aliphatic heterocycles. The number of benzene rings is 1. The van der Waals surface area contributed by atoms with Crippen molar-refractivity contribution in [1.82, 2.24) is 9.97 Å². The molecular formula is C20H19N3O2S2. The summed E-state index contributed by atoms with van der Waals surface area (Å²) in [5, 5.41) is 4.78. The standard InChI is InChI=1S/C20H19N3O2S2/c1-10-11(2)27-20-18(10)19(21-12(3)22-20)26-9-16(24)14-4-6-15-13(8-14)5-7-17(25)23-15/h4,6,8H,5,7,9H2,1-3H3,(H,23,25). The highest BCUT2D eigenvalue weighted by atomic mass is 32.2. The van der Waals surface area contributed by atoms with Crippen LogP contribution in [0.1, 0.15) is 38.6 Å². The first kappa shape index (κ1) is 18.1. The number of thioether (sulfide) groups is 1. The maximum atomic E-state index is 12.7. The Kier molecular flexibility index (Phi) is 4.74. The van der Waals surface area contributed by atoms with E-state index in [9.17, 15) is 9.59 Å². The van der Waals surface area contributed by atoms with Gasteiger partial charge in [-0.3, -0.25) is 9.59 Å². The molecule has 7 heteroatoms. The number of hydrogen-bond donors (Lipinski definition) is 1. The van der Waals surface area contributed by atoms with E-state index in [0.717, 1.165) is 32.3 Å². The van der Waals surface area contributed by atoms with Crippen LogP contribution in [0.25, 0.3) is 10.2 Å². The molecule has 2 aromatic heterocycles. The number of hydrogen-bond acceptors (Lipinski definition) is 6. The van der Waals surface area contributed by atoms with Crippen molar-refractivity contribution in [3.8, 4) is 0 Å². The van der Waals surface area contributed by atoms with Gasteiger partial charge in [-0.05, 0) is 56.5 Å². The van der Waals surface area contributed by atoms with E-state index in [0.29, 0.717) is 24.2 Å². The minimum absolute atomic E-state index is 0.0294. The Morgan fingerprint density at radius 3 is 2.85 bits per heavy atom. The number of nitrogens with zero attached hydrogens (tertiary/aromatic N) is 2. The van der Waals surface area contributed by atoms with Gasteiger partial charge in [-0.25, -0.2) is 9.97 Å². The Balaban J connectivity index is 1.57. The van der Waals surface area contributed by atoms with Crippen molar-refractivity contribution in [2.45, 2.75) is 38.6 Å². The third kappa shape index (κ3) is 3.49. The van der Waals surface area contributed by atoms with Crippen LogP contribution in [0.2, 0.25) is 0 Å². The van der Waals surface area contributed by atoms with Gasteiger partial charge in [-0.1, -0.05) is 11.8 Å². The van der Waals surface area contributed by atoms with Crippen molar-refractivity contribution in [3.63, 3.8) is 0 Å². The molecule has 5 nitrogen and oxygen atoms in total. The van der Waals surface area contributed by atoms with Gasteiger partial charge in [0.1, 0.15) is 15.7 Å². The number of ketones is 1. The molecule has 3 aromatic rings. The molecule has 1 aliphatic rings. The first-order valence-electron chi connectivity index (χ1n) is 8.75. The molecule has 3 heterocycles. The van der Waals surface area contributed by atoms with Crippen molar-refractivity contribution in [2.24, 2.45) is 0 Å². The normalized spacial score (nSPS) is 13.5. The summed E-state index contributed by atoms with van der Waals surface area (Å²) in [7, 11) is 0. The number of anilines is 1. The fraction of sp³-hybridized carbons (Fsp3) is 0.300. The van der Waals surface area contributed by atoms with Crippen molar-refractivity contribution in [2.75, 3.05) is 11.1 Å². The lowest BCUT2D eigenvalue weighted by Gasteiger charge is -2.17. The summed E-state index contributed by atoms with van der Waals surface area (Å²) in [5.41, 5.74) is 3.70. The molecular weight excluding hydrogens is 378 g/mol. The number of amides is 1. The van der Waals surface area contributed by atoms with Crippen LogP contribution in [-0.4, -0.2) is 27.4 Å². The van der Waals surface area contributed by atoms with E-state index < -0.39 is 0 Å². The Morgan fingerprint density at radius 2 is 2.04 bits per heavy atom. The highest BCUT2D eigenvalue weighted by Gasteiger charge is 2.18. The highest BCUT2D eigenvalue weighted by Crippen LogP contribution is 2.35. The lowest BCUT2D eigenvalue weighted by Crippen LogP contribution is -2.19. The summed E-state index contributed by atoms with van der Waals surface area (Å²) in [6, 6.07) is 5.51. The van der Waals surface area contributed by atoms with Crippen molar-refractivity contribution < 1.29 is 9.59 Å². The summed E-state index contributed by atoms with van der Waals surface area (Å²) < 4.78 is 0. The minimum atomic E-state index is 0.0294. The fourth-order valence-electron chi connectivity index (χ4n) is 3.19. The average Bonchev–Trinajstić information content (AvgIpc) is 2.92. The topological polar surface area (TPSA) is 72.0 Å². The van der Waals surface area contributed by atoms with Gasteiger partial charge in [0, 0.05) is 27.9 Å². The third-order valence-corrected chi connectivity index (χ3v) is 6.85. The number of nitrogens with one attached hydrogen (secondary N) is 1. The Bertz CT molecular complexity index is 1090. The van der Waals surface area contributed by atoms with Crippen molar-refractivity contribution in [3.05, 3.63) is 45.6 Å². The van der Waals surface area contributed by atoms with Crippen LogP contribution in [0.5, 0.6) is 0 Å². The fourth-order valence-corrected chi connectivity index (χ4v) is 5.36. The molecule has 4 rings (SSSR count). The summed E-state index contributed by atoms with van der Waals surface area (Å²) in [4.78, 5) is 35.5. The van der Waals surface area contributed by atoms with Crippen LogP contribution in [0, 0.1) is 20.8 Å². The quantitative estimate of drug-likeness (QED) is 0.399. The van der Waals surface area contributed by atoms with Gasteiger partial charge in [0.15, 0.2) is 5.78 Å². The molecule has 138 valence electrons. The summed E-state index contributed by atoms with van der Waals surface area (Å²) in [6.07, 6.45) is 1.14. The molecule has 1 amide bonds. The van der Waals surface area contributed by atoms with Gasteiger partial charge in [0.05, 0.1) is 5.75 Å². The molecule has 0 saturated carbocycles. The zero-order chi connectivity index (χ0) is 19.1. The Labute approximate surface area is 165 Å². The van der Waals surface area contributed by atoms with Crippen molar-refractivity contribution >= 4 is 50.7 Å². The van der Waals surface area contributed by atoms with E-state index in [1.54, 1.807) is 17.4 Å². The first-order chi connectivity index (χ1) is 12.9. The maximum Gasteiger partial charge on any atom is 0.224 e. The van der Waals surface area contributed by atoms with Gasteiger partial charge in [-0.15, -0.1) is 11.3 Å². The van der Waals surface area contributed by atoms with Crippen LogP contribution in [0.3, 0.4) is 0 Å². The van der Waals surface area contributed by atoms with Gasteiger partial charge in [0.2, 0.25) is 5.91 Å². The lowest BCUT2D eigenvalue weighted by atomic mass is 9.99. The largest absolute Gasteiger partial charge is 0.326 e. The number of carbonyl (C=O) groups is 2. The zero-order valence-electron chi connectivity index (χ0n) is 15.4. The van der Waals surface area contributed by atoms with Gasteiger partial charge >= 0.3 is 0 Å². The monoisotopic (exact) mass is 397 g/mol. The maximum absolute atomic E-state index is 12.7. The van der Waals surface area contributed by atoms with Crippen LogP contribution >= 0.6 is 23.1 Å². The molecule has 0 spiro atoms. The highest BCUT2D eigenvalue weighted by molar-refractivity contribution is 8.00. The molecule has 0 bridgehead atoms. The van der Waals surface area contributed by atoms with Crippen LogP contribution in [-0.2, 0) is 11.2 Å². The number of Topliss-reactive ketones (excluding diaryl/α,β-unsaturated/α-hetero) is 1. The second-order valence-corrected chi connectivity index (χ2v) is 8.84. The summed E-state index contributed by atoms with van der Waals surface area (Å²) in [6.45, 7) is 6.05. The first-order valence-corrected chi connectivity index (χ1v) is 10.6. The van der Waals surface area contributed by atoms with Crippen molar-refractivity contribution in [1.29, 1.82) is 0 Å². The van der Waals surface area contributed by atoms with E-state index in [4.69, 9.17) is 0 Å². The molecule has 0 aliphatic carbocycles. The lowest BCUT2D eigenvalue weighted by molar-refractivity contribution is -0.116. The SMILES string of the molecule is Cc1nc(SCC(=O)c2ccc3c(c2)CCC(=O)N3)c2c(C)c(C)sc2n1. The van der Waals surface area contributed by atoms with E-state index in [-0.39, 0.29) is 11.7 Å². The Hall–Kier alpha value is -2.25. The summed E-state index contributed by atoms with van der Waals surface area (Å²) >= 11 is 3.14. The molecule has 0 atom stereocenters. The smallest absolute Gasteiger partial charge is 0.224 e. The molecule has 1 aromatic carbocycles. The predicted molar refractivity (Wildman–Crippen MR) is 110 cm³/mol. The molecule has 0 radical (unpaired) electrons. The van der Waals surface area contributed by atoms with Crippen LogP contribution < -0.4 is 5.32 Å². The summed E-state index contributed by atoms with van der Waals surface area (Å²) in [5.74, 6) is 1.14. The number of carbonyl (C=O) groups excluding carboxylic acids is 2. The van der Waals surface area contributed by atoms with Crippen LogP contribution in [0.15, 0.2) is 23.2 Å². The van der Waals surface area contributed by atoms with E-state index in [2.05, 4.69) is 29.1 Å². The Morgan fingerprint density at radius 1 is 1.22 bits per heavy atom. The van der Waals surface area contributed by atoms with Gasteiger partial charge in [0.25, 0.3) is 0 Å². The minimum Gasteiger partial charge on any atom is -0.326 e. The predicted octanol–water partition coefficient (Wildman–Crippen LogP) is 4.48. The molecule has 0 unspecified atom stereocenters. The van der Waals surface area contributed by atoms with Gasteiger partial charge < -0.3 is 5.32 Å². The van der Waals surface area contributed by atoms with Gasteiger partial charge in [-0.2, -0.15) is 0 Å². The zero-order valence-corrected chi connectivity index (χ0v) is 17.0. The van der Waals surface area contributed by atoms with Crippen LogP contribution in [0.4, 0.5) is 5.69 Å². The molecule has 0 saturated heterocycles. The van der Waals surface area contributed by atoms with E-state index in [1.807, 2.05) is 19.1 Å². The number of aromatic nitrogens is 2. The van der Waals surface area contributed by atoms with E-state index >= 15 is 0 Å². The molecule has 1 N–H and O–H groups in total. The number of rotatable bonds is 4.